The SMILES string of the molecule is CCCSc1nnc(NC(=O)c2nc(C)sc2-c2ccccc2)s1. The lowest BCUT2D eigenvalue weighted by Gasteiger charge is -2.02. The predicted octanol–water partition coefficient (Wildman–Crippen LogP) is 4.72. The molecule has 0 fully saturated rings. The smallest absolute Gasteiger partial charge is 0.277 e. The van der Waals surface area contributed by atoms with Crippen LogP contribution in [-0.4, -0.2) is 26.8 Å². The lowest BCUT2D eigenvalue weighted by molar-refractivity contribution is 0.102. The second kappa shape index (κ2) is 7.87. The number of benzene rings is 1. The van der Waals surface area contributed by atoms with Gasteiger partial charge in [0, 0.05) is 5.75 Å². The average molecular weight is 377 g/mol. The van der Waals surface area contributed by atoms with E-state index in [-0.39, 0.29) is 5.91 Å². The molecule has 1 aromatic carbocycles. The van der Waals surface area contributed by atoms with Crippen LogP contribution in [0.4, 0.5) is 5.13 Å². The van der Waals surface area contributed by atoms with E-state index in [2.05, 4.69) is 27.4 Å². The summed E-state index contributed by atoms with van der Waals surface area (Å²) in [6, 6.07) is 9.82. The Morgan fingerprint density at radius 3 is 2.75 bits per heavy atom. The maximum absolute atomic E-state index is 12.6. The number of carbonyl (C=O) groups is 1. The topological polar surface area (TPSA) is 67.8 Å². The van der Waals surface area contributed by atoms with Gasteiger partial charge in [-0.2, -0.15) is 0 Å². The molecule has 3 aromatic rings. The summed E-state index contributed by atoms with van der Waals surface area (Å²) >= 11 is 4.55. The Morgan fingerprint density at radius 2 is 2.00 bits per heavy atom. The van der Waals surface area contributed by atoms with Crippen molar-refractivity contribution in [3.8, 4) is 10.4 Å². The van der Waals surface area contributed by atoms with Gasteiger partial charge < -0.3 is 0 Å². The molecule has 0 radical (unpaired) electrons. The van der Waals surface area contributed by atoms with Gasteiger partial charge in [-0.25, -0.2) is 4.98 Å². The fourth-order valence-electron chi connectivity index (χ4n) is 2.03. The molecule has 2 aromatic heterocycles. The summed E-state index contributed by atoms with van der Waals surface area (Å²) < 4.78 is 0.866. The Kier molecular flexibility index (Phi) is 5.60. The molecule has 0 atom stereocenters. The molecule has 0 bridgehead atoms. The monoisotopic (exact) mass is 376 g/mol. The highest BCUT2D eigenvalue weighted by Crippen LogP contribution is 2.31. The number of amides is 1. The van der Waals surface area contributed by atoms with E-state index in [0.717, 1.165) is 32.0 Å². The van der Waals surface area contributed by atoms with Gasteiger partial charge in [0.25, 0.3) is 5.91 Å². The quantitative estimate of drug-likeness (QED) is 0.498. The number of thioether (sulfide) groups is 1. The Hall–Kier alpha value is -1.77. The van der Waals surface area contributed by atoms with E-state index in [1.54, 1.807) is 11.8 Å². The van der Waals surface area contributed by atoms with Crippen LogP contribution >= 0.6 is 34.4 Å². The maximum Gasteiger partial charge on any atom is 0.277 e. The lowest BCUT2D eigenvalue weighted by Crippen LogP contribution is -2.13. The van der Waals surface area contributed by atoms with Crippen LogP contribution in [-0.2, 0) is 0 Å². The molecule has 0 aliphatic heterocycles. The van der Waals surface area contributed by atoms with Crippen LogP contribution in [0, 0.1) is 6.92 Å². The minimum atomic E-state index is -0.249. The molecule has 24 heavy (non-hydrogen) atoms. The summed E-state index contributed by atoms with van der Waals surface area (Å²) in [5, 5.41) is 12.3. The van der Waals surface area contributed by atoms with E-state index in [4.69, 9.17) is 0 Å². The third-order valence-electron chi connectivity index (χ3n) is 3.04. The normalized spacial score (nSPS) is 10.8. The number of rotatable bonds is 6. The van der Waals surface area contributed by atoms with Gasteiger partial charge in [-0.3, -0.25) is 10.1 Å². The molecule has 0 saturated heterocycles. The largest absolute Gasteiger partial charge is 0.295 e. The highest BCUT2D eigenvalue weighted by Gasteiger charge is 2.19. The maximum atomic E-state index is 12.6. The van der Waals surface area contributed by atoms with E-state index in [1.165, 1.54) is 22.7 Å². The van der Waals surface area contributed by atoms with Gasteiger partial charge in [0.15, 0.2) is 4.34 Å². The Balaban J connectivity index is 1.79. The zero-order chi connectivity index (χ0) is 16.9. The molecule has 0 aliphatic rings. The minimum Gasteiger partial charge on any atom is -0.295 e. The third kappa shape index (κ3) is 4.00. The van der Waals surface area contributed by atoms with E-state index >= 15 is 0 Å². The Labute approximate surface area is 152 Å². The Morgan fingerprint density at radius 1 is 1.21 bits per heavy atom. The summed E-state index contributed by atoms with van der Waals surface area (Å²) in [7, 11) is 0. The van der Waals surface area contributed by atoms with Gasteiger partial charge in [-0.1, -0.05) is 60.4 Å². The summed E-state index contributed by atoms with van der Waals surface area (Å²) in [6.07, 6.45) is 1.07. The summed E-state index contributed by atoms with van der Waals surface area (Å²) in [5.74, 6) is 0.743. The van der Waals surface area contributed by atoms with Crippen LogP contribution in [0.3, 0.4) is 0 Å². The predicted molar refractivity (Wildman–Crippen MR) is 101 cm³/mol. The van der Waals surface area contributed by atoms with Crippen molar-refractivity contribution in [3.63, 3.8) is 0 Å². The molecule has 124 valence electrons. The van der Waals surface area contributed by atoms with E-state index in [1.807, 2.05) is 37.3 Å². The first-order chi connectivity index (χ1) is 11.7. The number of hydrogen-bond acceptors (Lipinski definition) is 7. The summed E-state index contributed by atoms with van der Waals surface area (Å²) in [5.41, 5.74) is 1.42. The summed E-state index contributed by atoms with van der Waals surface area (Å²) in [6.45, 7) is 4.02. The van der Waals surface area contributed by atoms with Crippen LogP contribution in [0.25, 0.3) is 10.4 Å². The van der Waals surface area contributed by atoms with Gasteiger partial charge >= 0.3 is 0 Å². The van der Waals surface area contributed by atoms with Gasteiger partial charge in [-0.15, -0.1) is 21.5 Å². The Bertz CT molecular complexity index is 829. The number of carbonyl (C=O) groups excluding carboxylic acids is 1. The van der Waals surface area contributed by atoms with Crippen molar-refractivity contribution in [2.24, 2.45) is 0 Å². The molecule has 1 amide bonds. The number of anilines is 1. The second-order valence-electron chi connectivity index (χ2n) is 4.95. The molecule has 2 heterocycles. The van der Waals surface area contributed by atoms with Gasteiger partial charge in [-0.05, 0) is 18.9 Å². The molecule has 0 unspecified atom stereocenters. The number of aryl methyl sites for hydroxylation is 1. The molecule has 0 aliphatic carbocycles. The van der Waals surface area contributed by atoms with Crippen LogP contribution in [0.2, 0.25) is 0 Å². The van der Waals surface area contributed by atoms with Crippen LogP contribution < -0.4 is 5.32 Å². The molecule has 0 spiro atoms. The number of aromatic nitrogens is 3. The van der Waals surface area contributed by atoms with E-state index < -0.39 is 0 Å². The summed E-state index contributed by atoms with van der Waals surface area (Å²) in [4.78, 5) is 17.9. The van der Waals surface area contributed by atoms with Crippen molar-refractivity contribution in [2.75, 3.05) is 11.1 Å². The molecule has 0 saturated carbocycles. The average Bonchev–Trinajstić information content (AvgIpc) is 3.20. The highest BCUT2D eigenvalue weighted by molar-refractivity contribution is 8.01. The third-order valence-corrected chi connectivity index (χ3v) is 6.24. The van der Waals surface area contributed by atoms with Crippen LogP contribution in [0.15, 0.2) is 34.7 Å². The van der Waals surface area contributed by atoms with Crippen LogP contribution in [0.1, 0.15) is 28.8 Å². The number of hydrogen-bond donors (Lipinski definition) is 1. The zero-order valence-electron chi connectivity index (χ0n) is 13.3. The van der Waals surface area contributed by atoms with E-state index in [9.17, 15) is 4.79 Å². The molecule has 5 nitrogen and oxygen atoms in total. The molecule has 1 N–H and O–H groups in total. The highest BCUT2D eigenvalue weighted by atomic mass is 32.2. The van der Waals surface area contributed by atoms with Crippen molar-refractivity contribution < 1.29 is 4.79 Å². The minimum absolute atomic E-state index is 0.249. The molecule has 8 heteroatoms. The van der Waals surface area contributed by atoms with Gasteiger partial charge in [0.05, 0.1) is 9.88 Å². The first kappa shape index (κ1) is 17.1. The first-order valence-corrected chi connectivity index (χ1v) is 10.1. The molecule has 3 rings (SSSR count). The van der Waals surface area contributed by atoms with Crippen molar-refractivity contribution in [1.82, 2.24) is 15.2 Å². The number of thiazole rings is 1. The number of nitrogens with zero attached hydrogens (tertiary/aromatic N) is 3. The van der Waals surface area contributed by atoms with Crippen molar-refractivity contribution >= 4 is 45.5 Å². The van der Waals surface area contributed by atoms with Gasteiger partial charge in [0.2, 0.25) is 5.13 Å². The molecular formula is C16H16N4OS3. The van der Waals surface area contributed by atoms with Crippen molar-refractivity contribution in [1.29, 1.82) is 0 Å². The number of nitrogens with one attached hydrogen (secondary N) is 1. The standard InChI is InChI=1S/C16H16N4OS3/c1-3-9-22-16-20-19-15(24-16)18-14(21)12-13(23-10(2)17-12)11-7-5-4-6-8-11/h4-8H,3,9H2,1-2H3,(H,18,19,21). The van der Waals surface area contributed by atoms with Gasteiger partial charge in [0.1, 0.15) is 5.69 Å². The van der Waals surface area contributed by atoms with Crippen LogP contribution in [0.5, 0.6) is 0 Å². The fraction of sp³-hybridized carbons (Fsp3) is 0.250. The second-order valence-corrected chi connectivity index (χ2v) is 8.48. The zero-order valence-corrected chi connectivity index (χ0v) is 15.7. The van der Waals surface area contributed by atoms with Crippen molar-refractivity contribution in [2.45, 2.75) is 24.6 Å². The lowest BCUT2D eigenvalue weighted by atomic mass is 10.1. The molecular weight excluding hydrogens is 360 g/mol. The van der Waals surface area contributed by atoms with Crippen molar-refractivity contribution in [3.05, 3.63) is 41.0 Å². The first-order valence-electron chi connectivity index (χ1n) is 7.48. The fourth-order valence-corrected chi connectivity index (χ4v) is 4.62. The van der Waals surface area contributed by atoms with E-state index in [0.29, 0.717) is 10.8 Å².